The van der Waals surface area contributed by atoms with Crippen LogP contribution in [0.1, 0.15) is 36.5 Å². The zero-order valence-electron chi connectivity index (χ0n) is 9.93. The minimum Gasteiger partial charge on any atom is -0.478 e. The van der Waals surface area contributed by atoms with E-state index in [0.29, 0.717) is 22.9 Å². The van der Waals surface area contributed by atoms with Gasteiger partial charge >= 0.3 is 5.97 Å². The molecule has 2 aromatic rings. The van der Waals surface area contributed by atoms with E-state index >= 15 is 0 Å². The molecule has 0 spiro atoms. The second kappa shape index (κ2) is 4.57. The number of hydrogen-bond acceptors (Lipinski definition) is 3. The summed E-state index contributed by atoms with van der Waals surface area (Å²) in [6.45, 7) is 4.26. The molecule has 0 aliphatic carbocycles. The molecular weight excluding hydrogens is 218 g/mol. The molecular formula is C13H15NO3. The second-order valence-electron chi connectivity index (χ2n) is 4.50. The average molecular weight is 233 g/mol. The fourth-order valence-electron chi connectivity index (χ4n) is 1.69. The quantitative estimate of drug-likeness (QED) is 0.881. The lowest BCUT2D eigenvalue weighted by Gasteiger charge is -1.99. The van der Waals surface area contributed by atoms with Crippen LogP contribution in [0, 0.1) is 5.92 Å². The maximum absolute atomic E-state index is 11.0. The second-order valence-corrected chi connectivity index (χ2v) is 4.50. The lowest BCUT2D eigenvalue weighted by Crippen LogP contribution is -1.97. The normalized spacial score (nSPS) is 11.2. The molecule has 0 saturated carbocycles. The summed E-state index contributed by atoms with van der Waals surface area (Å²) in [5.41, 5.74) is 1.18. The number of nitrogens with zero attached hydrogens (tertiary/aromatic N) is 1. The number of hydrogen-bond donors (Lipinski definition) is 1. The van der Waals surface area contributed by atoms with E-state index < -0.39 is 5.97 Å². The van der Waals surface area contributed by atoms with E-state index in [1.54, 1.807) is 18.2 Å². The summed E-state index contributed by atoms with van der Waals surface area (Å²) in [7, 11) is 0. The van der Waals surface area contributed by atoms with Crippen molar-refractivity contribution in [3.8, 4) is 0 Å². The molecule has 1 aromatic carbocycles. The number of carbonyl (C=O) groups is 1. The van der Waals surface area contributed by atoms with Crippen molar-refractivity contribution in [1.29, 1.82) is 0 Å². The first-order valence-electron chi connectivity index (χ1n) is 5.69. The van der Waals surface area contributed by atoms with Crippen molar-refractivity contribution >= 4 is 17.1 Å². The van der Waals surface area contributed by atoms with E-state index in [-0.39, 0.29) is 5.56 Å². The number of aromatic nitrogens is 1. The van der Waals surface area contributed by atoms with Gasteiger partial charge in [-0.3, -0.25) is 0 Å². The fraction of sp³-hybridized carbons (Fsp3) is 0.385. The molecule has 90 valence electrons. The lowest BCUT2D eigenvalue weighted by atomic mass is 10.1. The molecule has 2 rings (SSSR count). The van der Waals surface area contributed by atoms with Gasteiger partial charge in [-0.2, -0.15) is 0 Å². The Morgan fingerprint density at radius 2 is 2.24 bits per heavy atom. The molecule has 0 saturated heterocycles. The molecule has 0 radical (unpaired) electrons. The van der Waals surface area contributed by atoms with Gasteiger partial charge < -0.3 is 9.52 Å². The van der Waals surface area contributed by atoms with E-state index in [0.717, 1.165) is 12.8 Å². The zero-order valence-corrected chi connectivity index (χ0v) is 9.93. The van der Waals surface area contributed by atoms with Crippen LogP contribution in [-0.2, 0) is 6.42 Å². The summed E-state index contributed by atoms with van der Waals surface area (Å²) in [6, 6.07) is 4.95. The Kier molecular flexibility index (Phi) is 3.13. The monoisotopic (exact) mass is 233 g/mol. The number of para-hydroxylation sites is 1. The summed E-state index contributed by atoms with van der Waals surface area (Å²) in [5.74, 6) is 0.214. The van der Waals surface area contributed by atoms with Crippen molar-refractivity contribution in [3.63, 3.8) is 0 Å². The van der Waals surface area contributed by atoms with E-state index in [2.05, 4.69) is 18.8 Å². The van der Waals surface area contributed by atoms with Crippen LogP contribution in [0.15, 0.2) is 22.6 Å². The van der Waals surface area contributed by atoms with Crippen LogP contribution in [-0.4, -0.2) is 16.1 Å². The van der Waals surface area contributed by atoms with Crippen LogP contribution in [0.5, 0.6) is 0 Å². The van der Waals surface area contributed by atoms with Crippen LogP contribution < -0.4 is 0 Å². The Morgan fingerprint density at radius 3 is 2.88 bits per heavy atom. The highest BCUT2D eigenvalue weighted by Gasteiger charge is 2.14. The van der Waals surface area contributed by atoms with Crippen molar-refractivity contribution < 1.29 is 14.3 Å². The molecule has 0 amide bonds. The molecule has 0 aliphatic rings. The SMILES string of the molecule is CC(C)CCc1nc2c(C(=O)O)cccc2o1. The van der Waals surface area contributed by atoms with Crippen molar-refractivity contribution in [3.05, 3.63) is 29.7 Å². The summed E-state index contributed by atoms with van der Waals surface area (Å²) in [5, 5.41) is 9.03. The fourth-order valence-corrected chi connectivity index (χ4v) is 1.69. The molecule has 4 nitrogen and oxygen atoms in total. The number of benzene rings is 1. The molecule has 0 aliphatic heterocycles. The predicted octanol–water partition coefficient (Wildman–Crippen LogP) is 3.11. The summed E-state index contributed by atoms with van der Waals surface area (Å²) in [4.78, 5) is 15.3. The standard InChI is InChI=1S/C13H15NO3/c1-8(2)6-7-11-14-12-9(13(15)16)4-3-5-10(12)17-11/h3-5,8H,6-7H2,1-2H3,(H,15,16). The smallest absolute Gasteiger partial charge is 0.338 e. The van der Waals surface area contributed by atoms with Crippen LogP contribution in [0.2, 0.25) is 0 Å². The Morgan fingerprint density at radius 1 is 1.47 bits per heavy atom. The Bertz CT molecular complexity index is 543. The molecule has 0 bridgehead atoms. The van der Waals surface area contributed by atoms with E-state index in [4.69, 9.17) is 9.52 Å². The van der Waals surface area contributed by atoms with Crippen molar-refractivity contribution in [2.45, 2.75) is 26.7 Å². The number of aromatic carboxylic acids is 1. The van der Waals surface area contributed by atoms with Crippen LogP contribution in [0.4, 0.5) is 0 Å². The molecule has 0 atom stereocenters. The van der Waals surface area contributed by atoms with Gasteiger partial charge in [-0.05, 0) is 24.5 Å². The van der Waals surface area contributed by atoms with E-state index in [1.165, 1.54) is 0 Å². The Balaban J connectivity index is 2.36. The van der Waals surface area contributed by atoms with E-state index in [9.17, 15) is 4.79 Å². The van der Waals surface area contributed by atoms with Crippen molar-refractivity contribution in [1.82, 2.24) is 4.98 Å². The maximum atomic E-state index is 11.0. The first-order chi connectivity index (χ1) is 8.08. The molecule has 17 heavy (non-hydrogen) atoms. The van der Waals surface area contributed by atoms with Gasteiger partial charge in [0.15, 0.2) is 11.5 Å². The van der Waals surface area contributed by atoms with Gasteiger partial charge in [0.2, 0.25) is 0 Å². The highest BCUT2D eigenvalue weighted by Crippen LogP contribution is 2.21. The minimum absolute atomic E-state index is 0.196. The van der Waals surface area contributed by atoms with Crippen molar-refractivity contribution in [2.24, 2.45) is 5.92 Å². The molecule has 4 heteroatoms. The predicted molar refractivity (Wildman–Crippen MR) is 64.1 cm³/mol. The molecule has 1 heterocycles. The molecule has 0 unspecified atom stereocenters. The first-order valence-corrected chi connectivity index (χ1v) is 5.69. The minimum atomic E-state index is -0.973. The largest absolute Gasteiger partial charge is 0.478 e. The van der Waals surface area contributed by atoms with Gasteiger partial charge in [-0.1, -0.05) is 19.9 Å². The molecule has 1 N–H and O–H groups in total. The molecule has 1 aromatic heterocycles. The highest BCUT2D eigenvalue weighted by molar-refractivity contribution is 6.00. The van der Waals surface area contributed by atoms with Gasteiger partial charge in [0.1, 0.15) is 5.52 Å². The number of rotatable bonds is 4. The van der Waals surface area contributed by atoms with Crippen molar-refractivity contribution in [2.75, 3.05) is 0 Å². The van der Waals surface area contributed by atoms with Gasteiger partial charge in [0, 0.05) is 6.42 Å². The summed E-state index contributed by atoms with van der Waals surface area (Å²) < 4.78 is 5.53. The third-order valence-corrected chi connectivity index (χ3v) is 2.63. The number of fused-ring (bicyclic) bond motifs is 1. The highest BCUT2D eigenvalue weighted by atomic mass is 16.4. The first kappa shape index (κ1) is 11.6. The van der Waals surface area contributed by atoms with Gasteiger partial charge in [0.25, 0.3) is 0 Å². The number of carboxylic acid groups (broad SMARTS) is 1. The zero-order chi connectivity index (χ0) is 12.4. The third kappa shape index (κ3) is 2.46. The molecule has 0 fully saturated rings. The van der Waals surface area contributed by atoms with Gasteiger partial charge in [-0.15, -0.1) is 0 Å². The van der Waals surface area contributed by atoms with Gasteiger partial charge in [-0.25, -0.2) is 9.78 Å². The Labute approximate surface area is 99.3 Å². The third-order valence-electron chi connectivity index (χ3n) is 2.63. The average Bonchev–Trinajstić information content (AvgIpc) is 2.68. The van der Waals surface area contributed by atoms with E-state index in [1.807, 2.05) is 0 Å². The summed E-state index contributed by atoms with van der Waals surface area (Å²) >= 11 is 0. The maximum Gasteiger partial charge on any atom is 0.338 e. The number of oxazole rings is 1. The number of aryl methyl sites for hydroxylation is 1. The topological polar surface area (TPSA) is 63.3 Å². The van der Waals surface area contributed by atoms with Gasteiger partial charge in [0.05, 0.1) is 5.56 Å². The summed E-state index contributed by atoms with van der Waals surface area (Å²) in [6.07, 6.45) is 1.72. The lowest BCUT2D eigenvalue weighted by molar-refractivity contribution is 0.0699. The van der Waals surface area contributed by atoms with Crippen LogP contribution >= 0.6 is 0 Å². The Hall–Kier alpha value is -1.84. The van der Waals surface area contributed by atoms with Crippen LogP contribution in [0.3, 0.4) is 0 Å². The van der Waals surface area contributed by atoms with Crippen LogP contribution in [0.25, 0.3) is 11.1 Å². The number of carboxylic acids is 1.